The largest absolute Gasteiger partial charge is 0.466 e. The van der Waals surface area contributed by atoms with Gasteiger partial charge in [0.15, 0.2) is 11.1 Å². The van der Waals surface area contributed by atoms with Crippen LogP contribution in [0.4, 0.5) is 11.5 Å². The van der Waals surface area contributed by atoms with Gasteiger partial charge >= 0.3 is 5.97 Å². The number of rotatable bonds is 5. The van der Waals surface area contributed by atoms with E-state index in [1.165, 1.54) is 13.2 Å². The second kappa shape index (κ2) is 8.67. The van der Waals surface area contributed by atoms with Crippen molar-refractivity contribution in [3.8, 4) is 5.69 Å². The van der Waals surface area contributed by atoms with Gasteiger partial charge in [-0.3, -0.25) is 9.36 Å². The van der Waals surface area contributed by atoms with Crippen LogP contribution in [-0.4, -0.2) is 22.6 Å². The highest BCUT2D eigenvalue weighted by Crippen LogP contribution is 2.26. The van der Waals surface area contributed by atoms with Crippen molar-refractivity contribution < 1.29 is 9.53 Å². The van der Waals surface area contributed by atoms with Gasteiger partial charge in [0.25, 0.3) is 0 Å². The molecule has 0 saturated heterocycles. The van der Waals surface area contributed by atoms with Crippen molar-refractivity contribution in [2.75, 3.05) is 12.4 Å². The van der Waals surface area contributed by atoms with Crippen LogP contribution in [0.3, 0.4) is 0 Å². The highest BCUT2D eigenvalue weighted by molar-refractivity contribution is 5.88. The second-order valence-electron chi connectivity index (χ2n) is 6.97. The van der Waals surface area contributed by atoms with E-state index in [9.17, 15) is 9.59 Å². The molecule has 2 aromatic carbocycles. The summed E-state index contributed by atoms with van der Waals surface area (Å²) in [5.74, 6) is 0.121. The molecule has 0 atom stereocenters. The van der Waals surface area contributed by atoms with E-state index < -0.39 is 5.97 Å². The predicted octanol–water partition coefficient (Wildman–Crippen LogP) is 4.62. The number of nitrogens with zero attached hydrogens (tertiary/aromatic N) is 2. The zero-order chi connectivity index (χ0) is 21.8. The van der Waals surface area contributed by atoms with Crippen molar-refractivity contribution >= 4 is 34.6 Å². The number of pyridine rings is 2. The first kappa shape index (κ1) is 20.1. The third-order valence-corrected chi connectivity index (χ3v) is 4.84. The average molecular weight is 411 g/mol. The molecular weight excluding hydrogens is 390 g/mol. The molecule has 0 aliphatic rings. The van der Waals surface area contributed by atoms with Gasteiger partial charge in [-0.15, -0.1) is 0 Å². The highest BCUT2D eigenvalue weighted by atomic mass is 16.5. The van der Waals surface area contributed by atoms with Gasteiger partial charge in [0.2, 0.25) is 0 Å². The number of para-hydroxylation sites is 2. The molecule has 0 unspecified atom stereocenters. The van der Waals surface area contributed by atoms with Gasteiger partial charge in [-0.05, 0) is 48.9 Å². The van der Waals surface area contributed by atoms with Crippen molar-refractivity contribution in [3.63, 3.8) is 0 Å². The smallest absolute Gasteiger partial charge is 0.330 e. The van der Waals surface area contributed by atoms with Crippen molar-refractivity contribution in [1.29, 1.82) is 0 Å². The van der Waals surface area contributed by atoms with E-state index >= 15 is 0 Å². The molecule has 4 aromatic rings. The number of nitrogens with one attached hydrogen (secondary N) is 1. The van der Waals surface area contributed by atoms with Crippen LogP contribution in [-0.2, 0) is 9.53 Å². The Hall–Kier alpha value is -4.19. The summed E-state index contributed by atoms with van der Waals surface area (Å²) in [7, 11) is 1.32. The van der Waals surface area contributed by atoms with Crippen molar-refractivity contribution in [2.24, 2.45) is 0 Å². The molecule has 0 aliphatic carbocycles. The van der Waals surface area contributed by atoms with E-state index in [1.54, 1.807) is 18.2 Å². The van der Waals surface area contributed by atoms with Crippen LogP contribution < -0.4 is 10.7 Å². The van der Waals surface area contributed by atoms with Gasteiger partial charge in [0, 0.05) is 23.5 Å². The Labute approximate surface area is 179 Å². The first-order valence-electron chi connectivity index (χ1n) is 9.78. The molecule has 2 heterocycles. The van der Waals surface area contributed by atoms with Gasteiger partial charge in [-0.2, -0.15) is 0 Å². The zero-order valence-electron chi connectivity index (χ0n) is 17.2. The number of carbonyl (C=O) groups excluding carboxylic acids is 1. The topological polar surface area (TPSA) is 73.2 Å². The van der Waals surface area contributed by atoms with Crippen molar-refractivity contribution in [3.05, 3.63) is 100 Å². The Morgan fingerprint density at radius 3 is 2.39 bits per heavy atom. The second-order valence-corrected chi connectivity index (χ2v) is 6.97. The predicted molar refractivity (Wildman–Crippen MR) is 123 cm³/mol. The molecule has 4 rings (SSSR count). The Kier molecular flexibility index (Phi) is 5.62. The Bertz CT molecular complexity index is 1330. The number of aromatic nitrogens is 2. The van der Waals surface area contributed by atoms with Gasteiger partial charge < -0.3 is 10.1 Å². The lowest BCUT2D eigenvalue weighted by Gasteiger charge is -2.18. The quantitative estimate of drug-likeness (QED) is 0.383. The number of methoxy groups -OCH3 is 1. The number of aryl methyl sites for hydroxylation is 1. The monoisotopic (exact) mass is 411 g/mol. The van der Waals surface area contributed by atoms with Crippen LogP contribution in [0.15, 0.2) is 83.7 Å². The fourth-order valence-corrected chi connectivity index (χ4v) is 3.43. The molecule has 0 radical (unpaired) electrons. The van der Waals surface area contributed by atoms with E-state index in [2.05, 4.69) is 10.1 Å². The summed E-state index contributed by atoms with van der Waals surface area (Å²) in [5.41, 5.74) is 3.40. The van der Waals surface area contributed by atoms with Crippen molar-refractivity contribution in [2.45, 2.75) is 6.92 Å². The molecule has 6 nitrogen and oxygen atoms in total. The van der Waals surface area contributed by atoms with E-state index in [-0.39, 0.29) is 5.43 Å². The fraction of sp³-hybridized carbons (Fsp3) is 0.0800. The third-order valence-electron chi connectivity index (χ3n) is 4.84. The van der Waals surface area contributed by atoms with Crippen LogP contribution in [0, 0.1) is 6.92 Å². The van der Waals surface area contributed by atoms with Crippen molar-refractivity contribution in [1.82, 2.24) is 9.55 Å². The first-order valence-corrected chi connectivity index (χ1v) is 9.78. The molecule has 31 heavy (non-hydrogen) atoms. The van der Waals surface area contributed by atoms with E-state index in [1.807, 2.05) is 72.2 Å². The minimum Gasteiger partial charge on any atom is -0.466 e. The molecule has 0 spiro atoms. The SMILES string of the molecule is COC(=O)/C=C/c1cc(C)c2c(=O)cc(Nc3ccccc3)n(-c3ccccc3)c2n1. The standard InChI is InChI=1S/C25H21N3O3/c1-17-15-19(13-14-23(30)31-2)27-25-24(17)21(29)16-22(26-18-9-5-3-6-10-18)28(25)20-11-7-4-8-12-20/h3-16,26H,1-2H3/b14-13+. The summed E-state index contributed by atoms with van der Waals surface area (Å²) in [4.78, 5) is 29.3. The van der Waals surface area contributed by atoms with Crippen LogP contribution in [0.5, 0.6) is 0 Å². The number of ether oxygens (including phenoxy) is 1. The molecule has 0 fully saturated rings. The Morgan fingerprint density at radius 1 is 1.03 bits per heavy atom. The summed E-state index contributed by atoms with van der Waals surface area (Å²) in [6.45, 7) is 1.86. The minimum atomic E-state index is -0.473. The number of hydrogen-bond acceptors (Lipinski definition) is 5. The van der Waals surface area contributed by atoms with E-state index in [0.717, 1.165) is 16.9 Å². The lowest BCUT2D eigenvalue weighted by molar-refractivity contribution is -0.134. The number of esters is 1. The molecule has 1 N–H and O–H groups in total. The van der Waals surface area contributed by atoms with Crippen LogP contribution in [0.25, 0.3) is 22.8 Å². The molecule has 154 valence electrons. The van der Waals surface area contributed by atoms with Gasteiger partial charge in [0.05, 0.1) is 18.2 Å². The number of fused-ring (bicyclic) bond motifs is 1. The fourth-order valence-electron chi connectivity index (χ4n) is 3.43. The first-order chi connectivity index (χ1) is 15.1. The Balaban J connectivity index is 2.00. The Morgan fingerprint density at radius 2 is 1.71 bits per heavy atom. The molecular formula is C25H21N3O3. The van der Waals surface area contributed by atoms with E-state index in [0.29, 0.717) is 22.5 Å². The lowest BCUT2D eigenvalue weighted by Crippen LogP contribution is -2.15. The van der Waals surface area contributed by atoms with Gasteiger partial charge in [0.1, 0.15) is 5.82 Å². The number of hydrogen-bond donors (Lipinski definition) is 1. The molecule has 0 bridgehead atoms. The molecule has 0 amide bonds. The highest BCUT2D eigenvalue weighted by Gasteiger charge is 2.15. The normalized spacial score (nSPS) is 11.0. The van der Waals surface area contributed by atoms with Crippen LogP contribution in [0.2, 0.25) is 0 Å². The lowest BCUT2D eigenvalue weighted by atomic mass is 10.1. The zero-order valence-corrected chi connectivity index (χ0v) is 17.2. The van der Waals surface area contributed by atoms with Gasteiger partial charge in [-0.25, -0.2) is 9.78 Å². The summed E-state index contributed by atoms with van der Waals surface area (Å²) in [5, 5.41) is 3.86. The molecule has 0 saturated carbocycles. The minimum absolute atomic E-state index is 0.130. The van der Waals surface area contributed by atoms with Crippen LogP contribution >= 0.6 is 0 Å². The molecule has 0 aliphatic heterocycles. The summed E-state index contributed by atoms with van der Waals surface area (Å²) in [6, 6.07) is 22.7. The summed E-state index contributed by atoms with van der Waals surface area (Å²) >= 11 is 0. The summed E-state index contributed by atoms with van der Waals surface area (Å²) < 4.78 is 6.58. The third kappa shape index (κ3) is 4.23. The number of benzene rings is 2. The maximum atomic E-state index is 13.0. The van der Waals surface area contributed by atoms with Gasteiger partial charge in [-0.1, -0.05) is 36.4 Å². The molecule has 6 heteroatoms. The maximum absolute atomic E-state index is 13.0. The average Bonchev–Trinajstić information content (AvgIpc) is 2.78. The summed E-state index contributed by atoms with van der Waals surface area (Å²) in [6.07, 6.45) is 2.89. The van der Waals surface area contributed by atoms with Crippen LogP contribution in [0.1, 0.15) is 11.3 Å². The molecule has 2 aromatic heterocycles. The number of carbonyl (C=O) groups is 1. The maximum Gasteiger partial charge on any atom is 0.330 e. The number of anilines is 2. The van der Waals surface area contributed by atoms with E-state index in [4.69, 9.17) is 4.98 Å².